The molecule has 1 fully saturated rings. The summed E-state index contributed by atoms with van der Waals surface area (Å²) in [5, 5.41) is 12.3. The zero-order valence-electron chi connectivity index (χ0n) is 13.2. The predicted octanol–water partition coefficient (Wildman–Crippen LogP) is 1.17. The van der Waals surface area contributed by atoms with E-state index in [1.165, 1.54) is 12.4 Å². The average molecular weight is 307 g/mol. The van der Waals surface area contributed by atoms with Gasteiger partial charge in [-0.25, -0.2) is 9.78 Å². The molecule has 2 N–H and O–H groups in total. The Morgan fingerprint density at radius 2 is 2.09 bits per heavy atom. The van der Waals surface area contributed by atoms with Crippen LogP contribution in [-0.2, 0) is 9.53 Å². The molecule has 120 valence electrons. The maximum absolute atomic E-state index is 12.3. The van der Waals surface area contributed by atoms with E-state index in [-0.39, 0.29) is 18.2 Å². The lowest BCUT2D eigenvalue weighted by atomic mass is 9.54. The van der Waals surface area contributed by atoms with Crippen molar-refractivity contribution < 1.29 is 19.4 Å². The molecule has 2 atom stereocenters. The predicted molar refractivity (Wildman–Crippen MR) is 78.4 cm³/mol. The minimum Gasteiger partial charge on any atom is -0.479 e. The molecule has 7 nitrogen and oxygen atoms in total. The summed E-state index contributed by atoms with van der Waals surface area (Å²) in [5.74, 6) is -1.61. The number of aliphatic carboxylic acids is 1. The number of aromatic nitrogens is 2. The number of aryl methyl sites for hydroxylation is 1. The molecule has 0 spiro atoms. The smallest absolute Gasteiger partial charge is 0.330 e. The van der Waals surface area contributed by atoms with Crippen molar-refractivity contribution in [2.75, 3.05) is 6.61 Å². The quantitative estimate of drug-likeness (QED) is 0.847. The highest BCUT2D eigenvalue weighted by Crippen LogP contribution is 2.51. The molecule has 0 aromatic carbocycles. The lowest BCUT2D eigenvalue weighted by molar-refractivity contribution is -0.190. The van der Waals surface area contributed by atoms with Crippen molar-refractivity contribution in [3.63, 3.8) is 0 Å². The Balaban J connectivity index is 2.22. The van der Waals surface area contributed by atoms with Crippen LogP contribution < -0.4 is 5.32 Å². The molecule has 1 aromatic rings. The van der Waals surface area contributed by atoms with Crippen LogP contribution in [0, 0.1) is 12.3 Å². The molecule has 7 heteroatoms. The third-order valence-corrected chi connectivity index (χ3v) is 4.47. The third kappa shape index (κ3) is 2.45. The summed E-state index contributed by atoms with van der Waals surface area (Å²) in [6.45, 7) is 7.69. The third-order valence-electron chi connectivity index (χ3n) is 4.47. The first-order chi connectivity index (χ1) is 10.2. The summed E-state index contributed by atoms with van der Waals surface area (Å²) < 4.78 is 5.56. The second-order valence-corrected chi connectivity index (χ2v) is 6.08. The SMILES string of the molecule is CCOC1CC(NC(=O)c2cnc(C)cn2)(C(=O)O)C1(C)C. The van der Waals surface area contributed by atoms with Gasteiger partial charge in [-0.1, -0.05) is 13.8 Å². The second kappa shape index (κ2) is 5.64. The molecule has 0 saturated heterocycles. The van der Waals surface area contributed by atoms with Gasteiger partial charge in [0.05, 0.1) is 18.0 Å². The molecule has 1 heterocycles. The number of hydrogen-bond donors (Lipinski definition) is 2. The zero-order chi connectivity index (χ0) is 16.5. The number of hydrogen-bond acceptors (Lipinski definition) is 5. The van der Waals surface area contributed by atoms with Crippen LogP contribution in [0.4, 0.5) is 0 Å². The Hall–Kier alpha value is -2.02. The van der Waals surface area contributed by atoms with Gasteiger partial charge in [0.2, 0.25) is 0 Å². The molecule has 0 bridgehead atoms. The second-order valence-electron chi connectivity index (χ2n) is 6.08. The van der Waals surface area contributed by atoms with Gasteiger partial charge in [0.25, 0.3) is 5.91 Å². The fourth-order valence-electron chi connectivity index (χ4n) is 2.80. The first-order valence-electron chi connectivity index (χ1n) is 7.20. The number of nitrogens with zero attached hydrogens (tertiary/aromatic N) is 2. The van der Waals surface area contributed by atoms with E-state index < -0.39 is 22.8 Å². The summed E-state index contributed by atoms with van der Waals surface area (Å²) >= 11 is 0. The van der Waals surface area contributed by atoms with Crippen molar-refractivity contribution in [2.45, 2.75) is 45.8 Å². The number of carboxylic acid groups (broad SMARTS) is 1. The molecule has 1 aliphatic carbocycles. The van der Waals surface area contributed by atoms with Gasteiger partial charge < -0.3 is 15.2 Å². The molecular formula is C15H21N3O4. The topological polar surface area (TPSA) is 101 Å². The van der Waals surface area contributed by atoms with Gasteiger partial charge in [0, 0.05) is 24.6 Å². The van der Waals surface area contributed by atoms with Crippen LogP contribution in [0.25, 0.3) is 0 Å². The monoisotopic (exact) mass is 307 g/mol. The summed E-state index contributed by atoms with van der Waals surface area (Å²) in [6.07, 6.45) is 2.83. The molecule has 1 aromatic heterocycles. The number of carboxylic acids is 1. The van der Waals surface area contributed by atoms with Gasteiger partial charge in [-0.15, -0.1) is 0 Å². The van der Waals surface area contributed by atoms with Crippen LogP contribution in [-0.4, -0.2) is 45.2 Å². The van der Waals surface area contributed by atoms with Gasteiger partial charge in [0.15, 0.2) is 0 Å². The standard InChI is InChI=1S/C15H21N3O4/c1-5-22-11-6-15(13(20)21,14(11,3)4)18-12(19)10-8-16-9(2)7-17-10/h7-8,11H,5-6H2,1-4H3,(H,18,19)(H,20,21). The largest absolute Gasteiger partial charge is 0.479 e. The highest BCUT2D eigenvalue weighted by molar-refractivity contribution is 5.97. The number of carbonyl (C=O) groups excluding carboxylic acids is 1. The average Bonchev–Trinajstić information content (AvgIpc) is 2.46. The minimum absolute atomic E-state index is 0.0990. The molecule has 0 aliphatic heterocycles. The molecule has 2 rings (SSSR count). The van der Waals surface area contributed by atoms with E-state index >= 15 is 0 Å². The van der Waals surface area contributed by atoms with Crippen LogP contribution in [0.1, 0.15) is 43.4 Å². The van der Waals surface area contributed by atoms with Crippen molar-refractivity contribution >= 4 is 11.9 Å². The summed E-state index contributed by atoms with van der Waals surface area (Å²) in [5.41, 5.74) is -1.30. The maximum atomic E-state index is 12.3. The van der Waals surface area contributed by atoms with Gasteiger partial charge in [-0.3, -0.25) is 9.78 Å². The van der Waals surface area contributed by atoms with E-state index in [1.54, 1.807) is 20.8 Å². The van der Waals surface area contributed by atoms with E-state index in [0.717, 1.165) is 0 Å². The summed E-state index contributed by atoms with van der Waals surface area (Å²) in [7, 11) is 0. The Labute approximate surface area is 129 Å². The van der Waals surface area contributed by atoms with Gasteiger partial charge in [-0.05, 0) is 13.8 Å². The van der Waals surface area contributed by atoms with E-state index in [1.807, 2.05) is 6.92 Å². The molecule has 1 saturated carbocycles. The van der Waals surface area contributed by atoms with Crippen molar-refractivity contribution in [3.8, 4) is 0 Å². The van der Waals surface area contributed by atoms with Crippen molar-refractivity contribution in [3.05, 3.63) is 23.8 Å². The number of amides is 1. The first-order valence-corrected chi connectivity index (χ1v) is 7.20. The molecule has 1 aliphatic rings. The molecular weight excluding hydrogens is 286 g/mol. The lowest BCUT2D eigenvalue weighted by Gasteiger charge is -2.58. The van der Waals surface area contributed by atoms with Crippen molar-refractivity contribution in [1.82, 2.24) is 15.3 Å². The van der Waals surface area contributed by atoms with Crippen molar-refractivity contribution in [2.24, 2.45) is 5.41 Å². The van der Waals surface area contributed by atoms with E-state index in [0.29, 0.717) is 12.3 Å². The normalized spacial score (nSPS) is 26.1. The van der Waals surface area contributed by atoms with Crippen LogP contribution in [0.3, 0.4) is 0 Å². The van der Waals surface area contributed by atoms with Gasteiger partial charge >= 0.3 is 5.97 Å². The minimum atomic E-state index is -1.36. The number of ether oxygens (including phenoxy) is 1. The van der Waals surface area contributed by atoms with Gasteiger partial charge in [-0.2, -0.15) is 0 Å². The fraction of sp³-hybridized carbons (Fsp3) is 0.600. The van der Waals surface area contributed by atoms with E-state index in [4.69, 9.17) is 4.74 Å². The highest BCUT2D eigenvalue weighted by atomic mass is 16.5. The Kier molecular flexibility index (Phi) is 4.19. The molecule has 1 amide bonds. The van der Waals surface area contributed by atoms with Gasteiger partial charge in [0.1, 0.15) is 11.2 Å². The van der Waals surface area contributed by atoms with Crippen LogP contribution in [0.2, 0.25) is 0 Å². The van der Waals surface area contributed by atoms with E-state index in [2.05, 4.69) is 15.3 Å². The fourth-order valence-corrected chi connectivity index (χ4v) is 2.80. The molecule has 22 heavy (non-hydrogen) atoms. The lowest BCUT2D eigenvalue weighted by Crippen LogP contribution is -2.76. The number of carbonyl (C=O) groups is 2. The van der Waals surface area contributed by atoms with Crippen molar-refractivity contribution in [1.29, 1.82) is 0 Å². The highest BCUT2D eigenvalue weighted by Gasteiger charge is 2.66. The summed E-state index contributed by atoms with van der Waals surface area (Å²) in [4.78, 5) is 32.1. The number of rotatable bonds is 5. The van der Waals surface area contributed by atoms with Crippen LogP contribution in [0.15, 0.2) is 12.4 Å². The Morgan fingerprint density at radius 3 is 2.55 bits per heavy atom. The molecule has 2 unspecified atom stereocenters. The van der Waals surface area contributed by atoms with Crippen LogP contribution in [0.5, 0.6) is 0 Å². The van der Waals surface area contributed by atoms with Crippen LogP contribution >= 0.6 is 0 Å². The Morgan fingerprint density at radius 1 is 1.41 bits per heavy atom. The first kappa shape index (κ1) is 16.4. The Bertz CT molecular complexity index is 585. The molecule has 0 radical (unpaired) electrons. The summed E-state index contributed by atoms with van der Waals surface area (Å²) in [6, 6.07) is 0. The van der Waals surface area contributed by atoms with E-state index in [9.17, 15) is 14.7 Å². The number of nitrogens with one attached hydrogen (secondary N) is 1. The zero-order valence-corrected chi connectivity index (χ0v) is 13.2. The maximum Gasteiger partial charge on any atom is 0.330 e.